The summed E-state index contributed by atoms with van der Waals surface area (Å²) in [6.45, 7) is 5.36. The van der Waals surface area contributed by atoms with E-state index in [1.54, 1.807) is 0 Å². The first-order chi connectivity index (χ1) is 14.2. The fourth-order valence-electron chi connectivity index (χ4n) is 4.08. The molecule has 0 bridgehead atoms. The molecule has 1 aromatic heterocycles. The van der Waals surface area contributed by atoms with Crippen LogP contribution in [0.3, 0.4) is 0 Å². The summed E-state index contributed by atoms with van der Waals surface area (Å²) in [5.74, 6) is 1.49. The van der Waals surface area contributed by atoms with Crippen LogP contribution in [0, 0.1) is 5.92 Å². The Kier molecular flexibility index (Phi) is 6.54. The number of hydrogen-bond acceptors (Lipinski definition) is 4. The molecular weight excluding hydrogens is 430 g/mol. The number of anilines is 2. The summed E-state index contributed by atoms with van der Waals surface area (Å²) in [5.41, 5.74) is 2.32. The minimum Gasteiger partial charge on any atom is -0.371 e. The number of urea groups is 1. The number of pyridine rings is 1. The molecule has 2 aliphatic heterocycles. The van der Waals surface area contributed by atoms with E-state index in [0.717, 1.165) is 48.5 Å². The minimum atomic E-state index is -0.106. The Labute approximate surface area is 180 Å². The summed E-state index contributed by atoms with van der Waals surface area (Å²) < 4.78 is 1.10. The van der Waals surface area contributed by atoms with Crippen LogP contribution in [0.4, 0.5) is 16.3 Å². The lowest BCUT2D eigenvalue weighted by molar-refractivity contribution is 0.239. The first-order valence-corrected chi connectivity index (χ1v) is 11.2. The Hall–Kier alpha value is -2.28. The van der Waals surface area contributed by atoms with Gasteiger partial charge in [-0.3, -0.25) is 0 Å². The Morgan fingerprint density at radius 1 is 1.10 bits per heavy atom. The fourth-order valence-corrected chi connectivity index (χ4v) is 4.47. The zero-order valence-electron chi connectivity index (χ0n) is 16.6. The molecule has 1 unspecified atom stereocenters. The Morgan fingerprint density at radius 3 is 2.79 bits per heavy atom. The van der Waals surface area contributed by atoms with Gasteiger partial charge in [-0.05, 0) is 61.1 Å². The highest BCUT2D eigenvalue weighted by Gasteiger charge is 2.23. The number of hydrogen-bond donors (Lipinski definition) is 2. The van der Waals surface area contributed by atoms with Crippen molar-refractivity contribution in [3.63, 3.8) is 0 Å². The topological polar surface area (TPSA) is 60.5 Å². The van der Waals surface area contributed by atoms with Crippen LogP contribution >= 0.6 is 15.9 Å². The molecule has 0 saturated carbocycles. The van der Waals surface area contributed by atoms with Gasteiger partial charge in [-0.15, -0.1) is 0 Å². The second-order valence-electron chi connectivity index (χ2n) is 7.86. The van der Waals surface area contributed by atoms with Gasteiger partial charge in [-0.25, -0.2) is 9.78 Å². The summed E-state index contributed by atoms with van der Waals surface area (Å²) >= 11 is 3.54. The van der Waals surface area contributed by atoms with E-state index in [-0.39, 0.29) is 6.03 Å². The molecule has 2 aliphatic rings. The van der Waals surface area contributed by atoms with Gasteiger partial charge in [0.2, 0.25) is 0 Å². The van der Waals surface area contributed by atoms with Gasteiger partial charge < -0.3 is 20.4 Å². The second kappa shape index (κ2) is 9.48. The summed E-state index contributed by atoms with van der Waals surface area (Å²) in [4.78, 5) is 21.4. The van der Waals surface area contributed by atoms with Crippen molar-refractivity contribution in [3.8, 4) is 0 Å². The average molecular weight is 458 g/mol. The summed E-state index contributed by atoms with van der Waals surface area (Å²) in [6, 6.07) is 12.3. The predicted octanol–water partition coefficient (Wildman–Crippen LogP) is 3.77. The summed E-state index contributed by atoms with van der Waals surface area (Å²) in [6.07, 6.45) is 5.38. The molecule has 2 N–H and O–H groups in total. The Bertz CT molecular complexity index is 839. The molecule has 2 saturated heterocycles. The lowest BCUT2D eigenvalue weighted by Crippen LogP contribution is -2.38. The van der Waals surface area contributed by atoms with Crippen LogP contribution in [0.25, 0.3) is 0 Å². The lowest BCUT2D eigenvalue weighted by atomic mass is 10.1. The molecule has 29 heavy (non-hydrogen) atoms. The van der Waals surface area contributed by atoms with E-state index < -0.39 is 0 Å². The second-order valence-corrected chi connectivity index (χ2v) is 8.78. The largest absolute Gasteiger partial charge is 0.371 e. The van der Waals surface area contributed by atoms with Crippen LogP contribution in [0.5, 0.6) is 0 Å². The van der Waals surface area contributed by atoms with Crippen molar-refractivity contribution < 1.29 is 4.79 Å². The van der Waals surface area contributed by atoms with Gasteiger partial charge in [0, 0.05) is 55.6 Å². The van der Waals surface area contributed by atoms with Gasteiger partial charge in [0.15, 0.2) is 0 Å². The van der Waals surface area contributed by atoms with E-state index >= 15 is 0 Å². The van der Waals surface area contributed by atoms with Gasteiger partial charge in [-0.1, -0.05) is 22.0 Å². The number of carbonyl (C=O) groups is 1. The number of amides is 2. The zero-order valence-corrected chi connectivity index (χ0v) is 18.2. The molecule has 0 aliphatic carbocycles. The maximum atomic E-state index is 12.2. The van der Waals surface area contributed by atoms with E-state index in [1.807, 2.05) is 18.3 Å². The molecule has 2 fully saturated rings. The van der Waals surface area contributed by atoms with Crippen LogP contribution in [-0.4, -0.2) is 43.7 Å². The maximum absolute atomic E-state index is 12.2. The maximum Gasteiger partial charge on any atom is 0.315 e. The molecule has 2 aromatic rings. The minimum absolute atomic E-state index is 0.106. The number of aromatic nitrogens is 1. The summed E-state index contributed by atoms with van der Waals surface area (Å²) in [7, 11) is 0. The molecule has 6 nitrogen and oxygen atoms in total. The third kappa shape index (κ3) is 5.41. The number of halogens is 1. The highest BCUT2D eigenvalue weighted by molar-refractivity contribution is 9.10. The fraction of sp³-hybridized carbons (Fsp3) is 0.455. The first-order valence-electron chi connectivity index (χ1n) is 10.4. The average Bonchev–Trinajstić information content (AvgIpc) is 3.43. The normalized spacial score (nSPS) is 18.9. The van der Waals surface area contributed by atoms with E-state index in [9.17, 15) is 4.79 Å². The van der Waals surface area contributed by atoms with Crippen molar-refractivity contribution in [1.82, 2.24) is 15.6 Å². The van der Waals surface area contributed by atoms with E-state index in [4.69, 9.17) is 0 Å². The van der Waals surface area contributed by atoms with Crippen LogP contribution < -0.4 is 20.4 Å². The molecule has 3 heterocycles. The van der Waals surface area contributed by atoms with Gasteiger partial charge in [0.1, 0.15) is 5.82 Å². The van der Waals surface area contributed by atoms with Crippen LogP contribution in [0.2, 0.25) is 0 Å². The Morgan fingerprint density at radius 2 is 1.97 bits per heavy atom. The summed E-state index contributed by atoms with van der Waals surface area (Å²) in [5, 5.41) is 6.01. The molecule has 2 amide bonds. The van der Waals surface area contributed by atoms with E-state index in [0.29, 0.717) is 19.0 Å². The molecule has 7 heteroatoms. The molecule has 0 spiro atoms. The molecule has 4 rings (SSSR count). The van der Waals surface area contributed by atoms with Crippen molar-refractivity contribution in [1.29, 1.82) is 0 Å². The predicted molar refractivity (Wildman–Crippen MR) is 120 cm³/mol. The monoisotopic (exact) mass is 457 g/mol. The van der Waals surface area contributed by atoms with Crippen molar-refractivity contribution in [2.24, 2.45) is 5.92 Å². The van der Waals surface area contributed by atoms with E-state index in [2.05, 4.69) is 65.6 Å². The van der Waals surface area contributed by atoms with Gasteiger partial charge in [0.25, 0.3) is 0 Å². The SMILES string of the molecule is O=C(NCc1ccnc(N2CCCC2)c1)NCC1CCN(c2cccc(Br)c2)C1. The zero-order chi connectivity index (χ0) is 20.1. The van der Waals surface area contributed by atoms with Crippen molar-refractivity contribution in [2.75, 3.05) is 42.5 Å². The van der Waals surface area contributed by atoms with Gasteiger partial charge in [0.05, 0.1) is 0 Å². The highest BCUT2D eigenvalue weighted by Crippen LogP contribution is 2.26. The van der Waals surface area contributed by atoms with Crippen molar-refractivity contribution >= 4 is 33.5 Å². The third-order valence-electron chi connectivity index (χ3n) is 5.70. The van der Waals surface area contributed by atoms with Gasteiger partial charge in [-0.2, -0.15) is 0 Å². The molecule has 154 valence electrons. The number of rotatable bonds is 6. The number of nitrogens with zero attached hydrogens (tertiary/aromatic N) is 3. The number of carbonyl (C=O) groups excluding carboxylic acids is 1. The van der Waals surface area contributed by atoms with Crippen molar-refractivity contribution in [2.45, 2.75) is 25.8 Å². The first kappa shape index (κ1) is 20.0. The van der Waals surface area contributed by atoms with Crippen molar-refractivity contribution in [3.05, 3.63) is 52.6 Å². The van der Waals surface area contributed by atoms with Crippen LogP contribution in [0.15, 0.2) is 47.1 Å². The lowest BCUT2D eigenvalue weighted by Gasteiger charge is -2.19. The highest BCUT2D eigenvalue weighted by atomic mass is 79.9. The van der Waals surface area contributed by atoms with E-state index in [1.165, 1.54) is 18.5 Å². The number of nitrogens with one attached hydrogen (secondary N) is 2. The van der Waals surface area contributed by atoms with Crippen LogP contribution in [-0.2, 0) is 6.54 Å². The van der Waals surface area contributed by atoms with Gasteiger partial charge >= 0.3 is 6.03 Å². The van der Waals surface area contributed by atoms with Crippen LogP contribution in [0.1, 0.15) is 24.8 Å². The standard InChI is InChI=1S/C22H28BrN5O/c23-19-4-3-5-20(13-19)28-11-7-18(16-28)15-26-22(29)25-14-17-6-8-24-21(12-17)27-9-1-2-10-27/h3-6,8,12-13,18H,1-2,7,9-11,14-16H2,(H2,25,26,29). The number of benzene rings is 1. The third-order valence-corrected chi connectivity index (χ3v) is 6.20. The Balaban J connectivity index is 1.20. The molecule has 1 atom stereocenters. The molecule has 1 aromatic carbocycles. The smallest absolute Gasteiger partial charge is 0.315 e. The molecule has 0 radical (unpaired) electrons. The quantitative estimate of drug-likeness (QED) is 0.692. The molecular formula is C22H28BrN5O.